The second kappa shape index (κ2) is 9.38. The van der Waals surface area contributed by atoms with E-state index in [-0.39, 0.29) is 17.7 Å². The van der Waals surface area contributed by atoms with Crippen LogP contribution < -0.4 is 5.32 Å². The Balaban J connectivity index is 1.44. The number of nitrogens with one attached hydrogen (secondary N) is 1. The van der Waals surface area contributed by atoms with Crippen LogP contribution in [0.2, 0.25) is 5.02 Å². The lowest BCUT2D eigenvalue weighted by Gasteiger charge is -2.30. The third-order valence-electron chi connectivity index (χ3n) is 4.78. The van der Waals surface area contributed by atoms with Crippen LogP contribution in [0.4, 0.5) is 0 Å². The minimum absolute atomic E-state index is 0.0203. The van der Waals surface area contributed by atoms with Crippen LogP contribution in [0.25, 0.3) is 6.08 Å². The summed E-state index contributed by atoms with van der Waals surface area (Å²) >= 11 is 5.86. The fourth-order valence-corrected chi connectivity index (χ4v) is 3.26. The molecule has 2 amide bonds. The van der Waals surface area contributed by atoms with E-state index in [1.807, 2.05) is 42.5 Å². The van der Waals surface area contributed by atoms with Gasteiger partial charge in [0.25, 0.3) is 0 Å². The number of amides is 2. The highest BCUT2D eigenvalue weighted by Crippen LogP contribution is 2.18. The second-order valence-corrected chi connectivity index (χ2v) is 7.12. The lowest BCUT2D eigenvalue weighted by Crippen LogP contribution is -2.42. The second-order valence-electron chi connectivity index (χ2n) is 6.69. The molecule has 1 fully saturated rings. The monoisotopic (exact) mass is 382 g/mol. The van der Waals surface area contributed by atoms with E-state index in [1.165, 1.54) is 0 Å². The molecule has 0 atom stereocenters. The molecule has 1 heterocycles. The Hall–Kier alpha value is -2.59. The molecule has 1 aliphatic rings. The molecule has 2 aromatic rings. The quantitative estimate of drug-likeness (QED) is 0.797. The van der Waals surface area contributed by atoms with Crippen molar-refractivity contribution in [1.29, 1.82) is 0 Å². The summed E-state index contributed by atoms with van der Waals surface area (Å²) in [4.78, 5) is 26.5. The van der Waals surface area contributed by atoms with Crippen LogP contribution in [-0.2, 0) is 16.1 Å². The minimum Gasteiger partial charge on any atom is -0.352 e. The maximum atomic E-state index is 12.3. The van der Waals surface area contributed by atoms with Gasteiger partial charge >= 0.3 is 0 Å². The molecule has 5 heteroatoms. The SMILES string of the molecule is O=C(NCc1ccccc1)C1CCN(C(=O)/C=C/c2ccc(Cl)cc2)CC1. The van der Waals surface area contributed by atoms with Gasteiger partial charge in [-0.2, -0.15) is 0 Å². The average Bonchev–Trinajstić information content (AvgIpc) is 2.72. The molecular formula is C22H23ClN2O2. The summed E-state index contributed by atoms with van der Waals surface area (Å²) in [5.41, 5.74) is 2.02. The molecule has 0 aliphatic carbocycles. The molecule has 0 spiro atoms. The molecule has 140 valence electrons. The van der Waals surface area contributed by atoms with Crippen LogP contribution >= 0.6 is 11.6 Å². The van der Waals surface area contributed by atoms with Crippen molar-refractivity contribution in [2.24, 2.45) is 5.92 Å². The van der Waals surface area contributed by atoms with Crippen molar-refractivity contribution in [2.75, 3.05) is 13.1 Å². The molecule has 1 N–H and O–H groups in total. The average molecular weight is 383 g/mol. The summed E-state index contributed by atoms with van der Waals surface area (Å²) in [6.07, 6.45) is 4.76. The van der Waals surface area contributed by atoms with Crippen LogP contribution in [0.15, 0.2) is 60.7 Å². The van der Waals surface area contributed by atoms with Crippen molar-refractivity contribution >= 4 is 29.5 Å². The van der Waals surface area contributed by atoms with E-state index in [4.69, 9.17) is 11.6 Å². The van der Waals surface area contributed by atoms with Crippen molar-refractivity contribution in [3.63, 3.8) is 0 Å². The van der Waals surface area contributed by atoms with Gasteiger partial charge in [0.05, 0.1) is 0 Å². The molecule has 2 aromatic carbocycles. The molecule has 1 saturated heterocycles. The van der Waals surface area contributed by atoms with Crippen LogP contribution in [0.5, 0.6) is 0 Å². The van der Waals surface area contributed by atoms with Gasteiger partial charge in [0.2, 0.25) is 11.8 Å². The maximum absolute atomic E-state index is 12.3. The Kier molecular flexibility index (Phi) is 6.66. The summed E-state index contributed by atoms with van der Waals surface area (Å²) in [5.74, 6) is 0.0220. The zero-order chi connectivity index (χ0) is 19.1. The van der Waals surface area contributed by atoms with Crippen molar-refractivity contribution in [2.45, 2.75) is 19.4 Å². The van der Waals surface area contributed by atoms with Gasteiger partial charge in [0.15, 0.2) is 0 Å². The van der Waals surface area contributed by atoms with Gasteiger partial charge in [-0.1, -0.05) is 54.1 Å². The molecule has 4 nitrogen and oxygen atoms in total. The number of hydrogen-bond donors (Lipinski definition) is 1. The number of halogens is 1. The van der Waals surface area contributed by atoms with Gasteiger partial charge in [-0.15, -0.1) is 0 Å². The van der Waals surface area contributed by atoms with Crippen molar-refractivity contribution in [1.82, 2.24) is 10.2 Å². The van der Waals surface area contributed by atoms with Crippen LogP contribution in [-0.4, -0.2) is 29.8 Å². The van der Waals surface area contributed by atoms with Gasteiger partial charge in [0, 0.05) is 36.7 Å². The zero-order valence-corrected chi connectivity index (χ0v) is 15.9. The Labute approximate surface area is 164 Å². The number of benzene rings is 2. The van der Waals surface area contributed by atoms with E-state index < -0.39 is 0 Å². The number of likely N-dealkylation sites (tertiary alicyclic amines) is 1. The fraction of sp³-hybridized carbons (Fsp3) is 0.273. The summed E-state index contributed by atoms with van der Waals surface area (Å²) in [6, 6.07) is 17.2. The van der Waals surface area contributed by atoms with Crippen LogP contribution in [0.1, 0.15) is 24.0 Å². The number of piperidine rings is 1. The van der Waals surface area contributed by atoms with Gasteiger partial charge < -0.3 is 10.2 Å². The number of rotatable bonds is 5. The number of carbonyl (C=O) groups excluding carboxylic acids is 2. The highest BCUT2D eigenvalue weighted by Gasteiger charge is 2.26. The predicted octanol–water partition coefficient (Wildman–Crippen LogP) is 3.91. The normalized spacial score (nSPS) is 15.1. The molecule has 0 unspecified atom stereocenters. The Morgan fingerprint density at radius 1 is 1.04 bits per heavy atom. The van der Waals surface area contributed by atoms with Crippen molar-refractivity contribution < 1.29 is 9.59 Å². The largest absolute Gasteiger partial charge is 0.352 e. The van der Waals surface area contributed by atoms with Crippen molar-refractivity contribution in [3.05, 3.63) is 76.8 Å². The highest BCUT2D eigenvalue weighted by molar-refractivity contribution is 6.30. The van der Waals surface area contributed by atoms with Gasteiger partial charge in [-0.25, -0.2) is 0 Å². The predicted molar refractivity (Wildman–Crippen MR) is 108 cm³/mol. The number of carbonyl (C=O) groups is 2. The maximum Gasteiger partial charge on any atom is 0.246 e. The third-order valence-corrected chi connectivity index (χ3v) is 5.03. The van der Waals surface area contributed by atoms with E-state index in [9.17, 15) is 9.59 Å². The fourth-order valence-electron chi connectivity index (χ4n) is 3.14. The minimum atomic E-state index is -0.0296. The Bertz CT molecular complexity index is 795. The van der Waals surface area contributed by atoms with Gasteiger partial charge in [0.1, 0.15) is 0 Å². The van der Waals surface area contributed by atoms with E-state index >= 15 is 0 Å². The first-order chi connectivity index (χ1) is 13.1. The topological polar surface area (TPSA) is 49.4 Å². The number of hydrogen-bond acceptors (Lipinski definition) is 2. The summed E-state index contributed by atoms with van der Waals surface area (Å²) in [6.45, 7) is 1.75. The Morgan fingerprint density at radius 2 is 1.70 bits per heavy atom. The standard InChI is InChI=1S/C22H23ClN2O2/c23-20-9-6-17(7-10-20)8-11-21(26)25-14-12-19(13-15-25)22(27)24-16-18-4-2-1-3-5-18/h1-11,19H,12-16H2,(H,24,27)/b11-8+. The smallest absolute Gasteiger partial charge is 0.246 e. The van der Waals surface area contributed by atoms with E-state index in [0.29, 0.717) is 37.5 Å². The van der Waals surface area contributed by atoms with Crippen LogP contribution in [0.3, 0.4) is 0 Å². The lowest BCUT2D eigenvalue weighted by atomic mass is 9.95. The first-order valence-electron chi connectivity index (χ1n) is 9.16. The van der Waals surface area contributed by atoms with Crippen LogP contribution in [0, 0.1) is 5.92 Å². The molecular weight excluding hydrogens is 360 g/mol. The zero-order valence-electron chi connectivity index (χ0n) is 15.1. The first-order valence-corrected chi connectivity index (χ1v) is 9.54. The summed E-state index contributed by atoms with van der Waals surface area (Å²) < 4.78 is 0. The van der Waals surface area contributed by atoms with E-state index in [0.717, 1.165) is 11.1 Å². The molecule has 27 heavy (non-hydrogen) atoms. The molecule has 0 bridgehead atoms. The Morgan fingerprint density at radius 3 is 2.37 bits per heavy atom. The van der Waals surface area contributed by atoms with Gasteiger partial charge in [-0.3, -0.25) is 9.59 Å². The lowest BCUT2D eigenvalue weighted by molar-refractivity contribution is -0.132. The van der Waals surface area contributed by atoms with Crippen molar-refractivity contribution in [3.8, 4) is 0 Å². The number of nitrogens with zero attached hydrogens (tertiary/aromatic N) is 1. The molecule has 0 aromatic heterocycles. The molecule has 0 saturated carbocycles. The molecule has 0 radical (unpaired) electrons. The van der Waals surface area contributed by atoms with E-state index in [1.54, 1.807) is 29.2 Å². The summed E-state index contributed by atoms with van der Waals surface area (Å²) in [5, 5.41) is 3.67. The highest BCUT2D eigenvalue weighted by atomic mass is 35.5. The molecule has 3 rings (SSSR count). The summed E-state index contributed by atoms with van der Waals surface area (Å²) in [7, 11) is 0. The van der Waals surface area contributed by atoms with E-state index in [2.05, 4.69) is 5.32 Å². The molecule has 1 aliphatic heterocycles. The van der Waals surface area contributed by atoms with Gasteiger partial charge in [-0.05, 0) is 42.2 Å². The first kappa shape index (κ1) is 19.2. The third kappa shape index (κ3) is 5.69.